The van der Waals surface area contributed by atoms with Crippen LogP contribution in [0.15, 0.2) is 8.42 Å². The molecule has 0 atom stereocenters. The van der Waals surface area contributed by atoms with Gasteiger partial charge in [0, 0.05) is 0 Å². The molecule has 0 aliphatic carbocycles. The third-order valence-electron chi connectivity index (χ3n) is 3.65. The third kappa shape index (κ3) is 4.94. The SMILES string of the molecule is CCOC(=O)c1sc(SSc2sc(C(=O)OCC)c(C)c2[N+](=O)[O-])c([N+](=O)[O-])c1C. The summed E-state index contributed by atoms with van der Waals surface area (Å²) in [5, 5.41) is 23.0. The van der Waals surface area contributed by atoms with E-state index >= 15 is 0 Å². The number of carbonyl (C=O) groups excluding carboxylic acids is 2. The van der Waals surface area contributed by atoms with E-state index in [0.717, 1.165) is 44.3 Å². The van der Waals surface area contributed by atoms with Gasteiger partial charge in [0.25, 0.3) is 11.4 Å². The van der Waals surface area contributed by atoms with Gasteiger partial charge in [-0.1, -0.05) is 0 Å². The number of hydrogen-bond acceptors (Lipinski definition) is 12. The molecule has 0 aliphatic rings. The molecule has 2 rings (SSSR count). The van der Waals surface area contributed by atoms with Crippen LogP contribution in [-0.4, -0.2) is 35.0 Å². The summed E-state index contributed by atoms with van der Waals surface area (Å²) in [7, 11) is 1.83. The Morgan fingerprint density at radius 2 is 1.17 bits per heavy atom. The molecule has 0 radical (unpaired) electrons. The summed E-state index contributed by atoms with van der Waals surface area (Å²) in [5.74, 6) is -1.33. The quantitative estimate of drug-likeness (QED) is 0.193. The van der Waals surface area contributed by atoms with Gasteiger partial charge in [0.2, 0.25) is 0 Å². The van der Waals surface area contributed by atoms with Crippen LogP contribution in [0.1, 0.15) is 44.3 Å². The minimum absolute atomic E-state index is 0.107. The number of carbonyl (C=O) groups is 2. The van der Waals surface area contributed by atoms with Crippen LogP contribution in [0.5, 0.6) is 0 Å². The number of esters is 2. The Kier molecular flexibility index (Phi) is 8.23. The van der Waals surface area contributed by atoms with Crippen LogP contribution in [0, 0.1) is 34.1 Å². The van der Waals surface area contributed by atoms with Gasteiger partial charge in [-0.15, -0.1) is 22.7 Å². The van der Waals surface area contributed by atoms with Crippen molar-refractivity contribution in [3.8, 4) is 0 Å². The zero-order chi connectivity index (χ0) is 22.6. The number of ether oxygens (including phenoxy) is 2. The van der Waals surface area contributed by atoms with Gasteiger partial charge < -0.3 is 9.47 Å². The topological polar surface area (TPSA) is 139 Å². The maximum atomic E-state index is 12.1. The summed E-state index contributed by atoms with van der Waals surface area (Å²) in [6.45, 7) is 6.40. The van der Waals surface area contributed by atoms with Crippen molar-refractivity contribution < 1.29 is 28.9 Å². The first-order chi connectivity index (χ1) is 14.1. The van der Waals surface area contributed by atoms with E-state index in [1.807, 2.05) is 0 Å². The predicted molar refractivity (Wildman–Crippen MR) is 115 cm³/mol. The molecule has 0 spiro atoms. The van der Waals surface area contributed by atoms with Gasteiger partial charge in [-0.25, -0.2) is 9.59 Å². The summed E-state index contributed by atoms with van der Waals surface area (Å²) in [6, 6.07) is 0. The predicted octanol–water partition coefficient (Wildman–Crippen LogP) is 5.40. The molecular weight excluding hydrogens is 476 g/mol. The first-order valence-electron chi connectivity index (χ1n) is 8.38. The molecule has 0 N–H and O–H groups in total. The minimum Gasteiger partial charge on any atom is -0.462 e. The molecule has 2 heterocycles. The van der Waals surface area contributed by atoms with Crippen molar-refractivity contribution in [2.24, 2.45) is 0 Å². The molecule has 0 saturated carbocycles. The van der Waals surface area contributed by atoms with Crippen LogP contribution >= 0.6 is 44.3 Å². The number of rotatable bonds is 9. The molecule has 0 fully saturated rings. The van der Waals surface area contributed by atoms with Gasteiger partial charge in [-0.05, 0) is 49.3 Å². The van der Waals surface area contributed by atoms with Gasteiger partial charge in [0.15, 0.2) is 8.42 Å². The molecule has 0 aromatic carbocycles. The lowest BCUT2D eigenvalue weighted by Gasteiger charge is -1.98. The lowest BCUT2D eigenvalue weighted by molar-refractivity contribution is -0.387. The Morgan fingerprint density at radius 3 is 1.43 bits per heavy atom. The molecule has 0 amide bonds. The largest absolute Gasteiger partial charge is 0.462 e. The van der Waals surface area contributed by atoms with Crippen LogP contribution in [0.25, 0.3) is 0 Å². The average molecular weight is 493 g/mol. The lowest BCUT2D eigenvalue weighted by atomic mass is 10.2. The van der Waals surface area contributed by atoms with Crippen LogP contribution in [0.4, 0.5) is 11.4 Å². The standard InChI is InChI=1S/C16H16N2O8S4/c1-5-25-13(19)11-7(3)9(17(21)22)15(27-11)29-30-16-10(18(23)24)8(4)12(28-16)14(20)26-6-2/h5-6H2,1-4H3. The Hall–Kier alpha value is -2.16. The smallest absolute Gasteiger partial charge is 0.348 e. The normalized spacial score (nSPS) is 10.7. The average Bonchev–Trinajstić information content (AvgIpc) is 3.17. The van der Waals surface area contributed by atoms with Gasteiger partial charge in [0.05, 0.1) is 34.2 Å². The highest BCUT2D eigenvalue weighted by Crippen LogP contribution is 2.53. The van der Waals surface area contributed by atoms with Crippen molar-refractivity contribution in [1.82, 2.24) is 0 Å². The van der Waals surface area contributed by atoms with E-state index in [9.17, 15) is 29.8 Å². The van der Waals surface area contributed by atoms with E-state index in [1.54, 1.807) is 13.8 Å². The fourth-order valence-corrected chi connectivity index (χ4v) is 7.84. The zero-order valence-corrected chi connectivity index (χ0v) is 19.5. The second-order valence-corrected chi connectivity index (χ2v) is 10.2. The fourth-order valence-electron chi connectivity index (χ4n) is 2.35. The van der Waals surface area contributed by atoms with Crippen LogP contribution in [0.3, 0.4) is 0 Å². The first kappa shape index (κ1) is 24.1. The molecule has 2 aromatic heterocycles. The number of nitrogens with zero attached hydrogens (tertiary/aromatic N) is 2. The highest BCUT2D eigenvalue weighted by Gasteiger charge is 2.32. The monoisotopic (exact) mass is 492 g/mol. The van der Waals surface area contributed by atoms with E-state index in [2.05, 4.69) is 0 Å². The first-order valence-corrected chi connectivity index (χ1v) is 12.2. The van der Waals surface area contributed by atoms with Gasteiger partial charge >= 0.3 is 11.9 Å². The Balaban J connectivity index is 2.41. The summed E-state index contributed by atoms with van der Waals surface area (Å²) >= 11 is 1.78. The Morgan fingerprint density at radius 1 is 0.833 bits per heavy atom. The molecule has 2 aromatic rings. The molecular formula is C16H16N2O8S4. The number of thiophene rings is 2. The summed E-state index contributed by atoms with van der Waals surface area (Å²) in [6.07, 6.45) is 0. The van der Waals surface area contributed by atoms with Crippen molar-refractivity contribution in [3.63, 3.8) is 0 Å². The molecule has 0 saturated heterocycles. The number of nitro groups is 2. The van der Waals surface area contributed by atoms with E-state index in [1.165, 1.54) is 13.8 Å². The van der Waals surface area contributed by atoms with Crippen LogP contribution in [0.2, 0.25) is 0 Å². The van der Waals surface area contributed by atoms with E-state index < -0.39 is 21.8 Å². The van der Waals surface area contributed by atoms with Crippen LogP contribution in [-0.2, 0) is 9.47 Å². The maximum Gasteiger partial charge on any atom is 0.348 e. The zero-order valence-electron chi connectivity index (χ0n) is 16.2. The van der Waals surface area contributed by atoms with E-state index in [4.69, 9.17) is 9.47 Å². The van der Waals surface area contributed by atoms with Crippen molar-refractivity contribution in [2.75, 3.05) is 13.2 Å². The van der Waals surface area contributed by atoms with Crippen molar-refractivity contribution in [2.45, 2.75) is 36.1 Å². The Labute approximate surface area is 186 Å². The van der Waals surface area contributed by atoms with Crippen molar-refractivity contribution in [3.05, 3.63) is 41.1 Å². The summed E-state index contributed by atoms with van der Waals surface area (Å²) < 4.78 is 10.3. The minimum atomic E-state index is -0.664. The molecule has 0 unspecified atom stereocenters. The second-order valence-electron chi connectivity index (χ2n) is 5.51. The second kappa shape index (κ2) is 10.2. The molecule has 14 heteroatoms. The van der Waals surface area contributed by atoms with Gasteiger partial charge in [0.1, 0.15) is 9.75 Å². The molecule has 30 heavy (non-hydrogen) atoms. The van der Waals surface area contributed by atoms with E-state index in [0.29, 0.717) is 0 Å². The molecule has 162 valence electrons. The summed E-state index contributed by atoms with van der Waals surface area (Å²) in [4.78, 5) is 46.2. The maximum absolute atomic E-state index is 12.1. The summed E-state index contributed by atoms with van der Waals surface area (Å²) in [5.41, 5.74) is -0.143. The third-order valence-corrected chi connectivity index (χ3v) is 9.41. The molecule has 0 bridgehead atoms. The Bertz CT molecular complexity index is 933. The van der Waals surface area contributed by atoms with Crippen molar-refractivity contribution in [1.29, 1.82) is 0 Å². The lowest BCUT2D eigenvalue weighted by Crippen LogP contribution is -2.04. The van der Waals surface area contributed by atoms with Gasteiger partial charge in [-0.3, -0.25) is 20.2 Å². The fraction of sp³-hybridized carbons (Fsp3) is 0.375. The highest BCUT2D eigenvalue weighted by atomic mass is 33.1. The van der Waals surface area contributed by atoms with Crippen LogP contribution < -0.4 is 0 Å². The number of hydrogen-bond donors (Lipinski definition) is 0. The molecule has 0 aliphatic heterocycles. The molecule has 10 nitrogen and oxygen atoms in total. The van der Waals surface area contributed by atoms with Gasteiger partial charge in [-0.2, -0.15) is 0 Å². The highest BCUT2D eigenvalue weighted by molar-refractivity contribution is 8.77. The van der Waals surface area contributed by atoms with E-state index in [-0.39, 0.29) is 53.9 Å². The van der Waals surface area contributed by atoms with Crippen molar-refractivity contribution >= 4 is 67.6 Å².